The van der Waals surface area contributed by atoms with Gasteiger partial charge in [0, 0.05) is 18.6 Å². The number of nitrogens with zero attached hydrogens (tertiary/aromatic N) is 3. The molecule has 3 nitrogen and oxygen atoms in total. The minimum absolute atomic E-state index is 0.253. The van der Waals surface area contributed by atoms with E-state index in [0.717, 1.165) is 11.5 Å². The van der Waals surface area contributed by atoms with Crippen molar-refractivity contribution in [1.82, 2.24) is 14.5 Å². The lowest BCUT2D eigenvalue weighted by atomic mass is 10.1. The molecular weight excluding hydrogens is 246 g/mol. The van der Waals surface area contributed by atoms with Gasteiger partial charge in [0.05, 0.1) is 11.7 Å². The summed E-state index contributed by atoms with van der Waals surface area (Å²) < 4.78 is 2.24. The molecule has 20 heavy (non-hydrogen) atoms. The van der Waals surface area contributed by atoms with Gasteiger partial charge < -0.3 is 4.57 Å². The fourth-order valence-corrected chi connectivity index (χ4v) is 2.44. The Labute approximate surface area is 118 Å². The minimum Gasteiger partial charge on any atom is -0.337 e. The first-order chi connectivity index (χ1) is 9.75. The molecule has 2 aromatic heterocycles. The van der Waals surface area contributed by atoms with Crippen LogP contribution in [0.25, 0.3) is 11.5 Å². The van der Waals surface area contributed by atoms with E-state index in [4.69, 9.17) is 0 Å². The first kappa shape index (κ1) is 12.6. The Hall–Kier alpha value is -2.42. The zero-order valence-electron chi connectivity index (χ0n) is 11.7. The molecule has 3 rings (SSSR count). The summed E-state index contributed by atoms with van der Waals surface area (Å²) in [6.45, 7) is 4.29. The SMILES string of the molecule is Cc1cc(-c2ncccn2)n(C(C)c2ccccc2)c1. The van der Waals surface area contributed by atoms with Gasteiger partial charge in [-0.2, -0.15) is 0 Å². The molecule has 1 aromatic carbocycles. The molecule has 0 radical (unpaired) electrons. The lowest BCUT2D eigenvalue weighted by Crippen LogP contribution is -2.07. The summed E-state index contributed by atoms with van der Waals surface area (Å²) in [5.41, 5.74) is 3.55. The summed E-state index contributed by atoms with van der Waals surface area (Å²) in [4.78, 5) is 8.73. The van der Waals surface area contributed by atoms with Crippen LogP contribution in [0.15, 0.2) is 61.1 Å². The van der Waals surface area contributed by atoms with Gasteiger partial charge in [-0.3, -0.25) is 0 Å². The predicted octanol–water partition coefficient (Wildman–Crippen LogP) is 3.86. The first-order valence-electron chi connectivity index (χ1n) is 6.76. The number of rotatable bonds is 3. The summed E-state index contributed by atoms with van der Waals surface area (Å²) in [6.07, 6.45) is 5.72. The summed E-state index contributed by atoms with van der Waals surface area (Å²) in [5.74, 6) is 0.767. The number of benzene rings is 1. The van der Waals surface area contributed by atoms with Gasteiger partial charge in [-0.1, -0.05) is 30.3 Å². The molecule has 1 atom stereocenters. The molecular formula is C17H17N3. The average Bonchev–Trinajstić information content (AvgIpc) is 2.90. The van der Waals surface area contributed by atoms with Crippen LogP contribution in [0.4, 0.5) is 0 Å². The Morgan fingerprint density at radius 3 is 2.40 bits per heavy atom. The van der Waals surface area contributed by atoms with Crippen LogP contribution >= 0.6 is 0 Å². The third-order valence-electron chi connectivity index (χ3n) is 3.48. The molecule has 100 valence electrons. The lowest BCUT2D eigenvalue weighted by Gasteiger charge is -2.17. The van der Waals surface area contributed by atoms with E-state index in [9.17, 15) is 0 Å². The molecule has 0 N–H and O–H groups in total. The Balaban J connectivity index is 2.07. The highest BCUT2D eigenvalue weighted by atomic mass is 15.0. The van der Waals surface area contributed by atoms with E-state index >= 15 is 0 Å². The fourth-order valence-electron chi connectivity index (χ4n) is 2.44. The number of hydrogen-bond donors (Lipinski definition) is 0. The normalized spacial score (nSPS) is 12.3. The molecule has 3 heteroatoms. The van der Waals surface area contributed by atoms with Crippen molar-refractivity contribution in [2.24, 2.45) is 0 Å². The van der Waals surface area contributed by atoms with Gasteiger partial charge in [0.1, 0.15) is 0 Å². The van der Waals surface area contributed by atoms with Crippen molar-refractivity contribution < 1.29 is 0 Å². The van der Waals surface area contributed by atoms with Crippen LogP contribution in [0.2, 0.25) is 0 Å². The Morgan fingerprint density at radius 2 is 1.70 bits per heavy atom. The molecule has 0 aliphatic rings. The van der Waals surface area contributed by atoms with Crippen molar-refractivity contribution in [2.45, 2.75) is 19.9 Å². The van der Waals surface area contributed by atoms with Crippen molar-refractivity contribution in [3.63, 3.8) is 0 Å². The van der Waals surface area contributed by atoms with Gasteiger partial charge in [-0.25, -0.2) is 9.97 Å². The smallest absolute Gasteiger partial charge is 0.176 e. The van der Waals surface area contributed by atoms with Crippen molar-refractivity contribution in [3.05, 3.63) is 72.2 Å². The predicted molar refractivity (Wildman–Crippen MR) is 80.5 cm³/mol. The van der Waals surface area contributed by atoms with Crippen LogP contribution in [0.5, 0.6) is 0 Å². The van der Waals surface area contributed by atoms with E-state index in [0.29, 0.717) is 0 Å². The van der Waals surface area contributed by atoms with Crippen LogP contribution < -0.4 is 0 Å². The van der Waals surface area contributed by atoms with Crippen LogP contribution in [-0.2, 0) is 0 Å². The maximum Gasteiger partial charge on any atom is 0.176 e. The zero-order chi connectivity index (χ0) is 13.9. The van der Waals surface area contributed by atoms with Crippen LogP contribution in [0, 0.1) is 6.92 Å². The van der Waals surface area contributed by atoms with Gasteiger partial charge in [0.15, 0.2) is 5.82 Å². The molecule has 0 fully saturated rings. The highest BCUT2D eigenvalue weighted by Gasteiger charge is 2.14. The van der Waals surface area contributed by atoms with E-state index in [-0.39, 0.29) is 6.04 Å². The Bertz CT molecular complexity index is 687. The maximum atomic E-state index is 4.37. The van der Waals surface area contributed by atoms with Crippen LogP contribution in [-0.4, -0.2) is 14.5 Å². The second kappa shape index (κ2) is 5.29. The zero-order valence-corrected chi connectivity index (χ0v) is 11.7. The van der Waals surface area contributed by atoms with Crippen LogP contribution in [0.3, 0.4) is 0 Å². The highest BCUT2D eigenvalue weighted by Crippen LogP contribution is 2.26. The molecule has 0 aliphatic heterocycles. The fraction of sp³-hybridized carbons (Fsp3) is 0.176. The third-order valence-corrected chi connectivity index (χ3v) is 3.48. The van der Waals surface area contributed by atoms with Gasteiger partial charge in [-0.15, -0.1) is 0 Å². The molecule has 1 unspecified atom stereocenters. The van der Waals surface area contributed by atoms with Gasteiger partial charge in [0.25, 0.3) is 0 Å². The molecule has 0 bridgehead atoms. The van der Waals surface area contributed by atoms with Crippen molar-refractivity contribution in [2.75, 3.05) is 0 Å². The Morgan fingerprint density at radius 1 is 1.00 bits per heavy atom. The second-order valence-corrected chi connectivity index (χ2v) is 4.97. The molecule has 0 aliphatic carbocycles. The minimum atomic E-state index is 0.253. The van der Waals surface area contributed by atoms with E-state index < -0.39 is 0 Å². The summed E-state index contributed by atoms with van der Waals surface area (Å²) >= 11 is 0. The summed E-state index contributed by atoms with van der Waals surface area (Å²) in [6, 6.07) is 14.7. The number of aryl methyl sites for hydroxylation is 1. The van der Waals surface area contributed by atoms with Gasteiger partial charge in [-0.05, 0) is 37.1 Å². The van der Waals surface area contributed by atoms with E-state index in [1.54, 1.807) is 12.4 Å². The molecule has 3 aromatic rings. The van der Waals surface area contributed by atoms with Gasteiger partial charge >= 0.3 is 0 Å². The van der Waals surface area contributed by atoms with Crippen LogP contribution in [0.1, 0.15) is 24.1 Å². The average molecular weight is 263 g/mol. The number of aromatic nitrogens is 3. The van der Waals surface area contributed by atoms with E-state index in [1.165, 1.54) is 11.1 Å². The largest absolute Gasteiger partial charge is 0.337 e. The van der Waals surface area contributed by atoms with E-state index in [2.05, 4.69) is 64.9 Å². The van der Waals surface area contributed by atoms with Crippen molar-refractivity contribution in [1.29, 1.82) is 0 Å². The topological polar surface area (TPSA) is 30.7 Å². The molecule has 0 spiro atoms. The van der Waals surface area contributed by atoms with E-state index in [1.807, 2.05) is 12.1 Å². The molecule has 0 saturated carbocycles. The summed E-state index contributed by atoms with van der Waals surface area (Å²) in [5, 5.41) is 0. The van der Waals surface area contributed by atoms with Crippen molar-refractivity contribution >= 4 is 0 Å². The molecule has 0 saturated heterocycles. The summed E-state index contributed by atoms with van der Waals surface area (Å²) in [7, 11) is 0. The Kier molecular flexibility index (Phi) is 3.33. The maximum absolute atomic E-state index is 4.37. The highest BCUT2D eigenvalue weighted by molar-refractivity contribution is 5.52. The van der Waals surface area contributed by atoms with Gasteiger partial charge in [0.2, 0.25) is 0 Å². The third kappa shape index (κ3) is 2.35. The molecule has 0 amide bonds. The standard InChI is InChI=1S/C17H17N3/c1-13-11-16(17-18-9-6-10-19-17)20(12-13)14(2)15-7-4-3-5-8-15/h3-12,14H,1-2H3. The van der Waals surface area contributed by atoms with Crippen molar-refractivity contribution in [3.8, 4) is 11.5 Å². The second-order valence-electron chi connectivity index (χ2n) is 4.97. The number of hydrogen-bond acceptors (Lipinski definition) is 2. The lowest BCUT2D eigenvalue weighted by molar-refractivity contribution is 0.646. The monoisotopic (exact) mass is 263 g/mol. The quantitative estimate of drug-likeness (QED) is 0.718. The first-order valence-corrected chi connectivity index (χ1v) is 6.76. The molecule has 2 heterocycles.